The molecule has 0 aliphatic rings. The fourth-order valence-corrected chi connectivity index (χ4v) is 0.994. The van der Waals surface area contributed by atoms with Gasteiger partial charge in [0.25, 0.3) is 0 Å². The summed E-state index contributed by atoms with van der Waals surface area (Å²) in [5, 5.41) is 6.31. The molecule has 0 aliphatic carbocycles. The molecule has 0 saturated carbocycles. The van der Waals surface area contributed by atoms with Gasteiger partial charge in [0, 0.05) is 13.1 Å². The van der Waals surface area contributed by atoms with Crippen molar-refractivity contribution in [2.75, 3.05) is 17.7 Å². The molecule has 1 aromatic heterocycles. The van der Waals surface area contributed by atoms with Crippen molar-refractivity contribution in [3.05, 3.63) is 12.4 Å². The molecule has 1 heterocycles. The maximum atomic E-state index is 4.36. The van der Waals surface area contributed by atoms with Crippen molar-refractivity contribution >= 4 is 11.6 Å². The van der Waals surface area contributed by atoms with Crippen LogP contribution in [-0.4, -0.2) is 23.1 Å². The lowest BCUT2D eigenvalue weighted by molar-refractivity contribution is 0.358. The zero-order valence-electron chi connectivity index (χ0n) is 10.1. The van der Waals surface area contributed by atoms with Crippen molar-refractivity contribution in [1.82, 2.24) is 9.97 Å². The van der Waals surface area contributed by atoms with Gasteiger partial charge in [0.1, 0.15) is 11.6 Å². The van der Waals surface area contributed by atoms with Crippen LogP contribution in [0.4, 0.5) is 11.6 Å². The topological polar surface area (TPSA) is 49.8 Å². The smallest absolute Gasteiger partial charge is 0.147 e. The Morgan fingerprint density at radius 3 is 2.33 bits per heavy atom. The van der Waals surface area contributed by atoms with Crippen LogP contribution in [-0.2, 0) is 0 Å². The summed E-state index contributed by atoms with van der Waals surface area (Å²) in [7, 11) is 1.83. The van der Waals surface area contributed by atoms with E-state index in [1.165, 1.54) is 0 Å². The standard InChI is InChI=1S/C11H20N4/c1-8(11(2,3)4)14-10-7-13-6-9(12-5)15-10/h6-8H,1-5H3,(H2,12,14,15). The molecule has 0 spiro atoms. The van der Waals surface area contributed by atoms with Crippen LogP contribution in [0.3, 0.4) is 0 Å². The molecule has 0 saturated heterocycles. The van der Waals surface area contributed by atoms with E-state index in [1.54, 1.807) is 12.4 Å². The van der Waals surface area contributed by atoms with Crippen LogP contribution in [0.15, 0.2) is 12.4 Å². The van der Waals surface area contributed by atoms with Gasteiger partial charge in [-0.05, 0) is 12.3 Å². The summed E-state index contributed by atoms with van der Waals surface area (Å²) in [5.74, 6) is 1.59. The minimum atomic E-state index is 0.206. The van der Waals surface area contributed by atoms with E-state index in [-0.39, 0.29) is 5.41 Å². The molecule has 2 N–H and O–H groups in total. The SMILES string of the molecule is CNc1cncc(NC(C)C(C)(C)C)n1. The average Bonchev–Trinajstić information content (AvgIpc) is 2.16. The van der Waals surface area contributed by atoms with Crippen molar-refractivity contribution in [3.8, 4) is 0 Å². The van der Waals surface area contributed by atoms with E-state index in [1.807, 2.05) is 7.05 Å². The maximum absolute atomic E-state index is 4.36. The number of hydrogen-bond acceptors (Lipinski definition) is 4. The third kappa shape index (κ3) is 3.38. The summed E-state index contributed by atoms with van der Waals surface area (Å²) >= 11 is 0. The quantitative estimate of drug-likeness (QED) is 0.800. The van der Waals surface area contributed by atoms with Crippen LogP contribution in [0.2, 0.25) is 0 Å². The lowest BCUT2D eigenvalue weighted by Gasteiger charge is -2.28. The Morgan fingerprint density at radius 1 is 1.20 bits per heavy atom. The van der Waals surface area contributed by atoms with Crippen LogP contribution in [0.5, 0.6) is 0 Å². The number of nitrogens with zero attached hydrogens (tertiary/aromatic N) is 2. The predicted molar refractivity (Wildman–Crippen MR) is 64.1 cm³/mol. The summed E-state index contributed by atoms with van der Waals surface area (Å²) in [6.45, 7) is 8.73. The molecule has 0 radical (unpaired) electrons. The third-order valence-corrected chi connectivity index (χ3v) is 2.55. The Bertz CT molecular complexity index is 317. The predicted octanol–water partition coefficient (Wildman–Crippen LogP) is 2.36. The van der Waals surface area contributed by atoms with E-state index in [0.717, 1.165) is 11.6 Å². The van der Waals surface area contributed by atoms with Gasteiger partial charge in [-0.25, -0.2) is 4.98 Å². The lowest BCUT2D eigenvalue weighted by atomic mass is 9.88. The largest absolute Gasteiger partial charge is 0.372 e. The Kier molecular flexibility index (Phi) is 3.50. The van der Waals surface area contributed by atoms with Crippen molar-refractivity contribution in [2.45, 2.75) is 33.7 Å². The fourth-order valence-electron chi connectivity index (χ4n) is 0.994. The first-order chi connectivity index (χ1) is 6.93. The second-order valence-electron chi connectivity index (χ2n) is 4.77. The average molecular weight is 208 g/mol. The molecule has 1 unspecified atom stereocenters. The molecule has 0 bridgehead atoms. The summed E-state index contributed by atoms with van der Waals surface area (Å²) in [6.07, 6.45) is 3.44. The maximum Gasteiger partial charge on any atom is 0.147 e. The highest BCUT2D eigenvalue weighted by Crippen LogP contribution is 2.21. The monoisotopic (exact) mass is 208 g/mol. The van der Waals surface area contributed by atoms with E-state index in [9.17, 15) is 0 Å². The first kappa shape index (κ1) is 11.8. The highest BCUT2D eigenvalue weighted by molar-refractivity contribution is 5.41. The Balaban J connectivity index is 2.72. The van der Waals surface area contributed by atoms with Gasteiger partial charge in [-0.2, -0.15) is 0 Å². The normalized spacial score (nSPS) is 13.4. The molecule has 1 rings (SSSR count). The summed E-state index contributed by atoms with van der Waals surface area (Å²) in [5.41, 5.74) is 0.206. The van der Waals surface area contributed by atoms with E-state index in [2.05, 4.69) is 48.3 Å². The molecule has 0 aromatic carbocycles. The molecule has 84 valence electrons. The van der Waals surface area contributed by atoms with E-state index in [4.69, 9.17) is 0 Å². The van der Waals surface area contributed by atoms with Crippen molar-refractivity contribution in [3.63, 3.8) is 0 Å². The van der Waals surface area contributed by atoms with Crippen molar-refractivity contribution in [2.24, 2.45) is 5.41 Å². The fraction of sp³-hybridized carbons (Fsp3) is 0.636. The Labute approximate surface area is 91.5 Å². The van der Waals surface area contributed by atoms with Gasteiger partial charge >= 0.3 is 0 Å². The molecule has 1 atom stereocenters. The Hall–Kier alpha value is -1.32. The highest BCUT2D eigenvalue weighted by atomic mass is 15.1. The van der Waals surface area contributed by atoms with Gasteiger partial charge in [-0.15, -0.1) is 0 Å². The minimum Gasteiger partial charge on any atom is -0.372 e. The van der Waals surface area contributed by atoms with Gasteiger partial charge in [-0.1, -0.05) is 20.8 Å². The van der Waals surface area contributed by atoms with Gasteiger partial charge in [-0.3, -0.25) is 4.98 Å². The molecule has 4 heteroatoms. The second kappa shape index (κ2) is 4.47. The second-order valence-corrected chi connectivity index (χ2v) is 4.77. The third-order valence-electron chi connectivity index (χ3n) is 2.55. The molecule has 15 heavy (non-hydrogen) atoms. The van der Waals surface area contributed by atoms with E-state index >= 15 is 0 Å². The number of anilines is 2. The molecule has 0 amide bonds. The molecule has 1 aromatic rings. The minimum absolute atomic E-state index is 0.206. The van der Waals surface area contributed by atoms with Crippen LogP contribution >= 0.6 is 0 Å². The number of aromatic nitrogens is 2. The first-order valence-corrected chi connectivity index (χ1v) is 5.20. The van der Waals surface area contributed by atoms with Crippen molar-refractivity contribution in [1.29, 1.82) is 0 Å². The summed E-state index contributed by atoms with van der Waals surface area (Å²) in [4.78, 5) is 8.46. The van der Waals surface area contributed by atoms with Crippen LogP contribution in [0.1, 0.15) is 27.7 Å². The molecule has 0 aliphatic heterocycles. The van der Waals surface area contributed by atoms with Crippen LogP contribution < -0.4 is 10.6 Å². The summed E-state index contributed by atoms with van der Waals surface area (Å²) in [6, 6.07) is 0.346. The van der Waals surface area contributed by atoms with Gasteiger partial charge < -0.3 is 10.6 Å². The first-order valence-electron chi connectivity index (χ1n) is 5.20. The number of rotatable bonds is 3. The van der Waals surface area contributed by atoms with Gasteiger partial charge in [0.2, 0.25) is 0 Å². The lowest BCUT2D eigenvalue weighted by Crippen LogP contribution is -2.31. The van der Waals surface area contributed by atoms with Gasteiger partial charge in [0.05, 0.1) is 12.4 Å². The molecule has 4 nitrogen and oxygen atoms in total. The molecular formula is C11H20N4. The van der Waals surface area contributed by atoms with Crippen LogP contribution in [0.25, 0.3) is 0 Å². The zero-order valence-corrected chi connectivity index (χ0v) is 10.1. The van der Waals surface area contributed by atoms with Gasteiger partial charge in [0.15, 0.2) is 0 Å². The number of hydrogen-bond donors (Lipinski definition) is 2. The molecule has 0 fully saturated rings. The highest BCUT2D eigenvalue weighted by Gasteiger charge is 2.19. The Morgan fingerprint density at radius 2 is 1.80 bits per heavy atom. The molecular weight excluding hydrogens is 188 g/mol. The van der Waals surface area contributed by atoms with E-state index in [0.29, 0.717) is 6.04 Å². The zero-order chi connectivity index (χ0) is 11.5. The van der Waals surface area contributed by atoms with Crippen molar-refractivity contribution < 1.29 is 0 Å². The number of nitrogens with one attached hydrogen (secondary N) is 2. The van der Waals surface area contributed by atoms with E-state index < -0.39 is 0 Å². The van der Waals surface area contributed by atoms with Crippen LogP contribution in [0, 0.1) is 5.41 Å². The summed E-state index contributed by atoms with van der Waals surface area (Å²) < 4.78 is 0.